The summed E-state index contributed by atoms with van der Waals surface area (Å²) in [6, 6.07) is 24.1. The highest BCUT2D eigenvalue weighted by atomic mass is 16.2. The van der Waals surface area contributed by atoms with Crippen molar-refractivity contribution in [1.29, 1.82) is 5.26 Å². The van der Waals surface area contributed by atoms with Gasteiger partial charge in [0.25, 0.3) is 0 Å². The summed E-state index contributed by atoms with van der Waals surface area (Å²) in [5, 5.41) is 12.7. The highest BCUT2D eigenvalue weighted by molar-refractivity contribution is 6.05. The van der Waals surface area contributed by atoms with Crippen LogP contribution in [-0.2, 0) is 4.79 Å². The first kappa shape index (κ1) is 20.5. The van der Waals surface area contributed by atoms with Gasteiger partial charge in [-0.15, -0.1) is 0 Å². The zero-order valence-corrected chi connectivity index (χ0v) is 18.3. The van der Waals surface area contributed by atoms with Crippen LogP contribution >= 0.6 is 0 Å². The summed E-state index contributed by atoms with van der Waals surface area (Å²) in [6.45, 7) is 6.18. The number of anilines is 4. The van der Waals surface area contributed by atoms with Crippen LogP contribution in [0.2, 0.25) is 0 Å². The van der Waals surface area contributed by atoms with Gasteiger partial charge in [0.15, 0.2) is 0 Å². The fraction of sp³-hybridized carbons (Fsp3) is 0.231. The molecule has 1 atom stereocenters. The predicted octanol–water partition coefficient (Wildman–Crippen LogP) is 5.55. The Morgan fingerprint density at radius 1 is 0.935 bits per heavy atom. The van der Waals surface area contributed by atoms with E-state index >= 15 is 0 Å². The first-order chi connectivity index (χ1) is 14.9. The first-order valence-electron chi connectivity index (χ1n) is 10.5. The van der Waals surface area contributed by atoms with Crippen LogP contribution in [-0.4, -0.2) is 25.0 Å². The molecular formula is C26H26N4O. The van der Waals surface area contributed by atoms with Crippen molar-refractivity contribution in [2.45, 2.75) is 32.9 Å². The average Bonchev–Trinajstić information content (AvgIpc) is 2.77. The zero-order chi connectivity index (χ0) is 22.1. The van der Waals surface area contributed by atoms with Crippen LogP contribution in [0, 0.1) is 11.3 Å². The molecule has 0 spiro atoms. The Morgan fingerprint density at radius 2 is 1.61 bits per heavy atom. The number of nitriles is 1. The smallest absolute Gasteiger partial charge is 0.249 e. The molecule has 0 saturated carbocycles. The quantitative estimate of drug-likeness (QED) is 0.613. The molecule has 0 aromatic heterocycles. The molecule has 0 fully saturated rings. The van der Waals surface area contributed by atoms with Crippen LogP contribution in [0.5, 0.6) is 0 Å². The molecule has 1 unspecified atom stereocenters. The summed E-state index contributed by atoms with van der Waals surface area (Å²) in [5.74, 6) is 0.106. The van der Waals surface area contributed by atoms with E-state index in [-0.39, 0.29) is 18.0 Å². The molecule has 0 aliphatic carbocycles. The van der Waals surface area contributed by atoms with Gasteiger partial charge in [-0.3, -0.25) is 4.79 Å². The molecule has 5 heteroatoms. The van der Waals surface area contributed by atoms with Crippen molar-refractivity contribution in [2.24, 2.45) is 0 Å². The third kappa shape index (κ3) is 3.85. The molecule has 1 N–H and O–H groups in total. The second kappa shape index (κ2) is 8.16. The minimum Gasteiger partial charge on any atom is -0.356 e. The van der Waals surface area contributed by atoms with Gasteiger partial charge < -0.3 is 15.1 Å². The Kier molecular flexibility index (Phi) is 5.39. The van der Waals surface area contributed by atoms with Crippen molar-refractivity contribution in [3.8, 4) is 17.2 Å². The molecule has 0 radical (unpaired) electrons. The van der Waals surface area contributed by atoms with E-state index < -0.39 is 0 Å². The number of amides is 1. The number of hydrogen-bond acceptors (Lipinski definition) is 4. The highest BCUT2D eigenvalue weighted by Crippen LogP contribution is 2.39. The van der Waals surface area contributed by atoms with E-state index in [2.05, 4.69) is 42.3 Å². The number of carbonyl (C=O) groups is 1. The maximum Gasteiger partial charge on any atom is 0.249 e. The van der Waals surface area contributed by atoms with Crippen molar-refractivity contribution in [2.75, 3.05) is 22.2 Å². The van der Waals surface area contributed by atoms with Crippen molar-refractivity contribution >= 4 is 28.7 Å². The molecule has 156 valence electrons. The van der Waals surface area contributed by atoms with Gasteiger partial charge in [0, 0.05) is 24.5 Å². The average molecular weight is 411 g/mol. The number of fused-ring (bicyclic) bond motifs is 1. The van der Waals surface area contributed by atoms with Crippen molar-refractivity contribution in [3.63, 3.8) is 0 Å². The van der Waals surface area contributed by atoms with E-state index in [0.717, 1.165) is 33.9 Å². The molecule has 0 bridgehead atoms. The molecule has 4 rings (SSSR count). The third-order valence-electron chi connectivity index (χ3n) is 5.75. The highest BCUT2D eigenvalue weighted by Gasteiger charge is 2.34. The maximum absolute atomic E-state index is 12.6. The lowest BCUT2D eigenvalue weighted by molar-refractivity contribution is -0.119. The van der Waals surface area contributed by atoms with E-state index in [1.54, 1.807) is 4.90 Å². The van der Waals surface area contributed by atoms with Gasteiger partial charge in [-0.25, -0.2) is 0 Å². The Hall–Kier alpha value is -3.78. The summed E-state index contributed by atoms with van der Waals surface area (Å²) >= 11 is 0. The van der Waals surface area contributed by atoms with E-state index in [4.69, 9.17) is 0 Å². The fourth-order valence-electron chi connectivity index (χ4n) is 4.26. The molecular weight excluding hydrogens is 384 g/mol. The summed E-state index contributed by atoms with van der Waals surface area (Å²) in [4.78, 5) is 16.6. The molecule has 1 aliphatic heterocycles. The summed E-state index contributed by atoms with van der Waals surface area (Å²) in [5.41, 5.74) is 6.59. The molecule has 3 aromatic carbocycles. The summed E-state index contributed by atoms with van der Waals surface area (Å²) in [7, 11) is 1.83. The number of carbonyl (C=O) groups excluding carboxylic acids is 1. The molecule has 1 amide bonds. The van der Waals surface area contributed by atoms with Crippen molar-refractivity contribution in [3.05, 3.63) is 72.3 Å². The number of rotatable bonds is 4. The standard InChI is InChI=1S/C26H26N4O/c1-17(2)30-18(3)26(31)29(4)24-12-11-23(15-25(24)30)28-22-10-6-9-21(14-22)20-8-5-7-19(13-20)16-27/h5-15,17-18,28H,1-4H3. The minimum absolute atomic E-state index is 0.106. The lowest BCUT2D eigenvalue weighted by atomic mass is 10.0. The molecule has 1 aliphatic rings. The van der Waals surface area contributed by atoms with Crippen LogP contribution in [0.3, 0.4) is 0 Å². The second-order valence-corrected chi connectivity index (χ2v) is 8.18. The lowest BCUT2D eigenvalue weighted by Gasteiger charge is -2.42. The van der Waals surface area contributed by atoms with E-state index in [1.807, 2.05) is 68.6 Å². The van der Waals surface area contributed by atoms with Gasteiger partial charge in [-0.2, -0.15) is 5.26 Å². The van der Waals surface area contributed by atoms with Gasteiger partial charge >= 0.3 is 0 Å². The minimum atomic E-state index is -0.205. The normalized spacial score (nSPS) is 15.6. The van der Waals surface area contributed by atoms with Crippen LogP contribution < -0.4 is 15.1 Å². The zero-order valence-electron chi connectivity index (χ0n) is 18.3. The molecule has 31 heavy (non-hydrogen) atoms. The Labute approximate surface area is 183 Å². The maximum atomic E-state index is 12.6. The van der Waals surface area contributed by atoms with E-state index in [9.17, 15) is 10.1 Å². The monoisotopic (exact) mass is 410 g/mol. The third-order valence-corrected chi connectivity index (χ3v) is 5.75. The van der Waals surface area contributed by atoms with E-state index in [0.29, 0.717) is 5.56 Å². The molecule has 0 saturated heterocycles. The number of hydrogen-bond donors (Lipinski definition) is 1. The number of benzene rings is 3. The Balaban J connectivity index is 1.67. The first-order valence-corrected chi connectivity index (χ1v) is 10.5. The number of nitrogens with zero attached hydrogens (tertiary/aromatic N) is 3. The van der Waals surface area contributed by atoms with Gasteiger partial charge in [-0.05, 0) is 74.4 Å². The number of likely N-dealkylation sites (N-methyl/N-ethyl adjacent to an activating group) is 1. The van der Waals surface area contributed by atoms with Gasteiger partial charge in [0.2, 0.25) is 5.91 Å². The summed E-state index contributed by atoms with van der Waals surface area (Å²) in [6.07, 6.45) is 0. The van der Waals surface area contributed by atoms with Gasteiger partial charge in [0.05, 0.1) is 23.0 Å². The van der Waals surface area contributed by atoms with Crippen LogP contribution in [0.15, 0.2) is 66.7 Å². The number of nitrogens with one attached hydrogen (secondary N) is 1. The summed E-state index contributed by atoms with van der Waals surface area (Å²) < 4.78 is 0. The van der Waals surface area contributed by atoms with Gasteiger partial charge in [0.1, 0.15) is 6.04 Å². The molecule has 1 heterocycles. The lowest BCUT2D eigenvalue weighted by Crippen LogP contribution is -2.53. The van der Waals surface area contributed by atoms with Crippen molar-refractivity contribution in [1.82, 2.24) is 0 Å². The van der Waals surface area contributed by atoms with Crippen LogP contribution in [0.1, 0.15) is 26.3 Å². The predicted molar refractivity (Wildman–Crippen MR) is 127 cm³/mol. The van der Waals surface area contributed by atoms with Crippen molar-refractivity contribution < 1.29 is 4.79 Å². The van der Waals surface area contributed by atoms with Crippen LogP contribution in [0.25, 0.3) is 11.1 Å². The molecule has 3 aromatic rings. The SMILES string of the molecule is CC(C)N1c2cc(Nc3cccc(-c4cccc(C#N)c4)c3)ccc2N(C)C(=O)C1C. The van der Waals surface area contributed by atoms with Crippen LogP contribution in [0.4, 0.5) is 22.7 Å². The topological polar surface area (TPSA) is 59.4 Å². The van der Waals surface area contributed by atoms with E-state index in [1.165, 1.54) is 0 Å². The fourth-order valence-corrected chi connectivity index (χ4v) is 4.26. The molecule has 5 nitrogen and oxygen atoms in total. The Morgan fingerprint density at radius 3 is 2.32 bits per heavy atom. The largest absolute Gasteiger partial charge is 0.356 e. The Bertz CT molecular complexity index is 1180. The second-order valence-electron chi connectivity index (χ2n) is 8.18. The van der Waals surface area contributed by atoms with Gasteiger partial charge in [-0.1, -0.05) is 24.3 Å².